The van der Waals surface area contributed by atoms with Crippen LogP contribution < -0.4 is 14.2 Å². The molecule has 0 saturated heterocycles. The first-order chi connectivity index (χ1) is 13.1. The van der Waals surface area contributed by atoms with Gasteiger partial charge in [-0.15, -0.1) is 6.58 Å². The Bertz CT molecular complexity index is 804. The summed E-state index contributed by atoms with van der Waals surface area (Å²) in [5, 5.41) is 0. The zero-order chi connectivity index (χ0) is 19.6. The highest BCUT2D eigenvalue weighted by Crippen LogP contribution is 2.31. The van der Waals surface area contributed by atoms with Crippen molar-refractivity contribution in [2.75, 3.05) is 20.3 Å². The maximum absolute atomic E-state index is 12.5. The molecule has 0 atom stereocenters. The van der Waals surface area contributed by atoms with Gasteiger partial charge in [0.2, 0.25) is 0 Å². The van der Waals surface area contributed by atoms with Crippen LogP contribution in [0.5, 0.6) is 17.2 Å². The summed E-state index contributed by atoms with van der Waals surface area (Å²) in [6.07, 6.45) is 5.82. The van der Waals surface area contributed by atoms with E-state index in [1.165, 1.54) is 0 Å². The van der Waals surface area contributed by atoms with E-state index in [9.17, 15) is 4.79 Å². The lowest BCUT2D eigenvalue weighted by molar-refractivity contribution is 0.104. The van der Waals surface area contributed by atoms with Gasteiger partial charge in [0.15, 0.2) is 5.78 Å². The lowest BCUT2D eigenvalue weighted by Crippen LogP contribution is -2.01. The zero-order valence-corrected chi connectivity index (χ0v) is 16.2. The Labute approximate surface area is 161 Å². The van der Waals surface area contributed by atoms with Crippen LogP contribution in [0.15, 0.2) is 55.1 Å². The number of ketones is 1. The third kappa shape index (κ3) is 5.48. The molecule has 4 heteroatoms. The standard InChI is InChI=1S/C23H26O4/c1-5-8-21-18(15-20(26-6-2)16-23(21)27-7-3)11-14-22(24)17-9-12-19(25-4)13-10-17/h5,9-16H,1,6-8H2,2-4H3/b14-11+. The first kappa shape index (κ1) is 20.3. The molecular weight excluding hydrogens is 340 g/mol. The highest BCUT2D eigenvalue weighted by Gasteiger charge is 2.11. The van der Waals surface area contributed by atoms with E-state index in [2.05, 4.69) is 6.58 Å². The Kier molecular flexibility index (Phi) is 7.68. The average molecular weight is 366 g/mol. The van der Waals surface area contributed by atoms with E-state index in [4.69, 9.17) is 14.2 Å². The first-order valence-electron chi connectivity index (χ1n) is 9.02. The molecule has 2 aromatic rings. The van der Waals surface area contributed by atoms with Gasteiger partial charge in [-0.3, -0.25) is 4.79 Å². The molecule has 0 N–H and O–H groups in total. The van der Waals surface area contributed by atoms with Gasteiger partial charge >= 0.3 is 0 Å². The third-order valence-electron chi connectivity index (χ3n) is 3.97. The first-order valence-corrected chi connectivity index (χ1v) is 9.02. The van der Waals surface area contributed by atoms with E-state index in [1.54, 1.807) is 43.5 Å². The molecule has 142 valence electrons. The molecule has 0 amide bonds. The predicted molar refractivity (Wildman–Crippen MR) is 109 cm³/mol. The Morgan fingerprint density at radius 3 is 2.33 bits per heavy atom. The van der Waals surface area contributed by atoms with Crippen molar-refractivity contribution in [2.24, 2.45) is 0 Å². The summed E-state index contributed by atoms with van der Waals surface area (Å²) in [5.74, 6) is 2.10. The summed E-state index contributed by atoms with van der Waals surface area (Å²) >= 11 is 0. The Hall–Kier alpha value is -3.01. The highest BCUT2D eigenvalue weighted by molar-refractivity contribution is 6.07. The van der Waals surface area contributed by atoms with Crippen LogP contribution in [0.4, 0.5) is 0 Å². The number of ether oxygens (including phenoxy) is 3. The van der Waals surface area contributed by atoms with Gasteiger partial charge in [-0.05, 0) is 62.2 Å². The maximum atomic E-state index is 12.5. The molecule has 0 spiro atoms. The number of rotatable bonds is 10. The van der Waals surface area contributed by atoms with Gasteiger partial charge < -0.3 is 14.2 Å². The summed E-state index contributed by atoms with van der Waals surface area (Å²) in [6, 6.07) is 10.8. The fraction of sp³-hybridized carbons (Fsp3) is 0.261. The van der Waals surface area contributed by atoms with Gasteiger partial charge in [0.25, 0.3) is 0 Å². The SMILES string of the molecule is C=CCc1c(/C=C/C(=O)c2ccc(OC)cc2)cc(OCC)cc1OCC. The summed E-state index contributed by atoms with van der Waals surface area (Å²) < 4.78 is 16.5. The number of hydrogen-bond donors (Lipinski definition) is 0. The molecule has 0 aliphatic carbocycles. The van der Waals surface area contributed by atoms with E-state index in [0.29, 0.717) is 30.9 Å². The molecule has 27 heavy (non-hydrogen) atoms. The second-order valence-corrected chi connectivity index (χ2v) is 5.77. The van der Waals surface area contributed by atoms with Crippen LogP contribution in [0.1, 0.15) is 35.3 Å². The number of carbonyl (C=O) groups excluding carboxylic acids is 1. The number of allylic oxidation sites excluding steroid dienone is 2. The van der Waals surface area contributed by atoms with E-state index < -0.39 is 0 Å². The number of benzene rings is 2. The average Bonchev–Trinajstić information content (AvgIpc) is 2.69. The normalized spacial score (nSPS) is 10.6. The topological polar surface area (TPSA) is 44.8 Å². The lowest BCUT2D eigenvalue weighted by atomic mass is 10.0. The van der Waals surface area contributed by atoms with E-state index in [-0.39, 0.29) is 5.78 Å². The molecule has 0 heterocycles. The van der Waals surface area contributed by atoms with Gasteiger partial charge in [-0.25, -0.2) is 0 Å². The van der Waals surface area contributed by atoms with Crippen molar-refractivity contribution in [3.05, 3.63) is 71.8 Å². The molecule has 2 aromatic carbocycles. The van der Waals surface area contributed by atoms with Gasteiger partial charge in [0, 0.05) is 17.2 Å². The van der Waals surface area contributed by atoms with Crippen LogP contribution >= 0.6 is 0 Å². The quantitative estimate of drug-likeness (QED) is 0.333. The summed E-state index contributed by atoms with van der Waals surface area (Å²) in [4.78, 5) is 12.5. The summed E-state index contributed by atoms with van der Waals surface area (Å²) in [7, 11) is 1.60. The second-order valence-electron chi connectivity index (χ2n) is 5.77. The van der Waals surface area contributed by atoms with Gasteiger partial charge in [-0.1, -0.05) is 12.2 Å². The molecule has 0 aliphatic heterocycles. The molecule has 0 unspecified atom stereocenters. The van der Waals surface area contributed by atoms with Gasteiger partial charge in [0.05, 0.1) is 20.3 Å². The zero-order valence-electron chi connectivity index (χ0n) is 16.2. The van der Waals surface area contributed by atoms with Crippen LogP contribution in [0.2, 0.25) is 0 Å². The molecule has 2 rings (SSSR count). The van der Waals surface area contributed by atoms with Crippen LogP contribution in [0.3, 0.4) is 0 Å². The largest absolute Gasteiger partial charge is 0.497 e. The van der Waals surface area contributed by atoms with Crippen molar-refractivity contribution < 1.29 is 19.0 Å². The minimum atomic E-state index is -0.0815. The van der Waals surface area contributed by atoms with Crippen LogP contribution in [0.25, 0.3) is 6.08 Å². The van der Waals surface area contributed by atoms with Crippen molar-refractivity contribution in [3.8, 4) is 17.2 Å². The summed E-state index contributed by atoms with van der Waals surface area (Å²) in [6.45, 7) is 8.80. The molecular formula is C23H26O4. The van der Waals surface area contributed by atoms with Crippen LogP contribution in [-0.2, 0) is 6.42 Å². The van der Waals surface area contributed by atoms with Crippen molar-refractivity contribution in [1.82, 2.24) is 0 Å². The highest BCUT2D eigenvalue weighted by atomic mass is 16.5. The van der Waals surface area contributed by atoms with Crippen molar-refractivity contribution in [1.29, 1.82) is 0 Å². The number of carbonyl (C=O) groups is 1. The molecule has 0 saturated carbocycles. The minimum absolute atomic E-state index is 0.0815. The number of hydrogen-bond acceptors (Lipinski definition) is 4. The second kappa shape index (κ2) is 10.2. The monoisotopic (exact) mass is 366 g/mol. The Balaban J connectivity index is 2.36. The molecule has 0 aromatic heterocycles. The Morgan fingerprint density at radius 2 is 1.74 bits per heavy atom. The van der Waals surface area contributed by atoms with Gasteiger partial charge in [-0.2, -0.15) is 0 Å². The third-order valence-corrected chi connectivity index (χ3v) is 3.97. The number of methoxy groups -OCH3 is 1. The molecule has 0 fully saturated rings. The fourth-order valence-electron chi connectivity index (χ4n) is 2.70. The lowest BCUT2D eigenvalue weighted by Gasteiger charge is -2.15. The fourth-order valence-corrected chi connectivity index (χ4v) is 2.70. The minimum Gasteiger partial charge on any atom is -0.497 e. The van der Waals surface area contributed by atoms with Crippen molar-refractivity contribution in [2.45, 2.75) is 20.3 Å². The van der Waals surface area contributed by atoms with Crippen molar-refractivity contribution >= 4 is 11.9 Å². The van der Waals surface area contributed by atoms with E-state index >= 15 is 0 Å². The molecule has 0 radical (unpaired) electrons. The Morgan fingerprint density at radius 1 is 1.04 bits per heavy atom. The van der Waals surface area contributed by atoms with Crippen LogP contribution in [0, 0.1) is 0 Å². The maximum Gasteiger partial charge on any atom is 0.185 e. The van der Waals surface area contributed by atoms with E-state index in [1.807, 2.05) is 32.1 Å². The van der Waals surface area contributed by atoms with Crippen molar-refractivity contribution in [3.63, 3.8) is 0 Å². The van der Waals surface area contributed by atoms with Gasteiger partial charge in [0.1, 0.15) is 17.2 Å². The summed E-state index contributed by atoms with van der Waals surface area (Å²) in [5.41, 5.74) is 2.46. The van der Waals surface area contributed by atoms with Crippen LogP contribution in [-0.4, -0.2) is 26.1 Å². The predicted octanol–water partition coefficient (Wildman–Crippen LogP) is 5.12. The molecule has 4 nitrogen and oxygen atoms in total. The van der Waals surface area contributed by atoms with E-state index in [0.717, 1.165) is 22.6 Å². The molecule has 0 aliphatic rings. The smallest absolute Gasteiger partial charge is 0.185 e. The molecule has 0 bridgehead atoms.